The van der Waals surface area contributed by atoms with E-state index in [1.54, 1.807) is 0 Å². The maximum absolute atomic E-state index is 9.00. The van der Waals surface area contributed by atoms with Crippen molar-refractivity contribution in [3.05, 3.63) is 0 Å². The first kappa shape index (κ1) is 15.7. The fourth-order valence-electron chi connectivity index (χ4n) is 0. The molecule has 1 N–H and O–H groups in total. The molecule has 0 heterocycles. The minimum atomic E-state index is -0.833. The summed E-state index contributed by atoms with van der Waals surface area (Å²) < 4.78 is 0. The second-order valence-corrected chi connectivity index (χ2v) is 0.519. The quantitative estimate of drug-likeness (QED) is 0.671. The molecule has 0 aromatic carbocycles. The normalized spacial score (nSPS) is 4.43. The van der Waals surface area contributed by atoms with Gasteiger partial charge in [0.15, 0.2) is 0 Å². The molecule has 0 aromatic rings. The van der Waals surface area contributed by atoms with E-state index in [9.17, 15) is 0 Å². The molecule has 0 atom stereocenters. The Balaban J connectivity index is -0.0000000480. The van der Waals surface area contributed by atoms with Gasteiger partial charge in [-0.1, -0.05) is 0 Å². The van der Waals surface area contributed by atoms with E-state index in [0.29, 0.717) is 0 Å². The molecule has 2 nitrogen and oxygen atoms in total. The number of rotatable bonds is 0. The number of carboxylic acid groups (broad SMARTS) is 1. The first-order valence-corrected chi connectivity index (χ1v) is 3.30. The van der Waals surface area contributed by atoms with Crippen LogP contribution in [-0.4, -0.2) is 11.1 Å². The molecule has 0 rings (SSSR count). The van der Waals surface area contributed by atoms with Gasteiger partial charge in [0.1, 0.15) is 0 Å². The van der Waals surface area contributed by atoms with Crippen LogP contribution in [0.2, 0.25) is 0 Å². The van der Waals surface area contributed by atoms with Crippen LogP contribution in [0.3, 0.4) is 0 Å². The molecule has 0 bridgehead atoms. The van der Waals surface area contributed by atoms with E-state index in [4.69, 9.17) is 9.90 Å². The van der Waals surface area contributed by atoms with Crippen LogP contribution >= 0.6 is 9.69 Å². The molecule has 0 radical (unpaired) electrons. The summed E-state index contributed by atoms with van der Waals surface area (Å²) in [5, 5.41) is 7.42. The van der Waals surface area contributed by atoms with Crippen LogP contribution in [0.1, 0.15) is 6.92 Å². The molecule has 0 saturated heterocycles. The number of carboxylic acids is 1. The van der Waals surface area contributed by atoms with Crippen LogP contribution in [0.25, 0.3) is 0 Å². The first-order valence-electron chi connectivity index (χ1n) is 1.06. The van der Waals surface area contributed by atoms with E-state index in [0.717, 1.165) is 6.92 Å². The van der Waals surface area contributed by atoms with E-state index >= 15 is 0 Å². The molecule has 0 saturated carbocycles. The van der Waals surface area contributed by atoms with Gasteiger partial charge >= 0.3 is 27.0 Å². The maximum atomic E-state index is 9.00. The zero-order chi connectivity index (χ0) is 5.58. The van der Waals surface area contributed by atoms with Gasteiger partial charge in [-0.25, -0.2) is 0 Å². The SMILES string of the molecule is CC(=O)O.[Cl][Ru].[Ru]. The van der Waals surface area contributed by atoms with Crippen LogP contribution < -0.4 is 0 Å². The van der Waals surface area contributed by atoms with Crippen molar-refractivity contribution in [2.45, 2.75) is 6.92 Å². The summed E-state index contributed by atoms with van der Waals surface area (Å²) in [4.78, 5) is 9.00. The number of hydrogen-bond donors (Lipinski definition) is 1. The zero-order valence-corrected chi connectivity index (χ0v) is 7.67. The second kappa shape index (κ2) is 15.7. The van der Waals surface area contributed by atoms with E-state index in [1.807, 2.05) is 17.3 Å². The Kier molecular flexibility index (Phi) is 35.3. The largest absolute Gasteiger partial charge is 0 e. The molecule has 0 aliphatic rings. The van der Waals surface area contributed by atoms with E-state index in [-0.39, 0.29) is 19.5 Å². The minimum Gasteiger partial charge on any atom is 0 e. The molecule has 0 unspecified atom stereocenters. The average Bonchev–Trinajstić information content (AvgIpc) is 1.41. The third-order valence-electron chi connectivity index (χ3n) is 0. The van der Waals surface area contributed by atoms with Crippen molar-refractivity contribution in [3.63, 3.8) is 0 Å². The standard InChI is InChI=1S/C2H4O2.ClH.2Ru/c1-2(3)4;;;/h1H3,(H,3,4);1H;;/q;;;+1/p-1. The molecule has 0 fully saturated rings. The van der Waals surface area contributed by atoms with Gasteiger partial charge in [0.2, 0.25) is 0 Å². The molecule has 0 aliphatic carbocycles. The number of carbonyl (C=O) groups is 1. The van der Waals surface area contributed by atoms with E-state index in [1.165, 1.54) is 0 Å². The third-order valence-corrected chi connectivity index (χ3v) is 0. The topological polar surface area (TPSA) is 37.3 Å². The number of aliphatic carboxylic acids is 1. The summed E-state index contributed by atoms with van der Waals surface area (Å²) in [7, 11) is 4.57. The van der Waals surface area contributed by atoms with Gasteiger partial charge in [-0.15, -0.1) is 0 Å². The molecule has 0 aromatic heterocycles. The summed E-state index contributed by atoms with van der Waals surface area (Å²) in [5.41, 5.74) is 0. The molecule has 0 amide bonds. The van der Waals surface area contributed by atoms with Crippen LogP contribution in [0.5, 0.6) is 0 Å². The van der Waals surface area contributed by atoms with Crippen molar-refractivity contribution in [1.29, 1.82) is 0 Å². The van der Waals surface area contributed by atoms with E-state index < -0.39 is 5.97 Å². The molecule has 5 heteroatoms. The average molecular weight is 298 g/mol. The molecular formula is C2H4ClO2Ru2. The van der Waals surface area contributed by atoms with Crippen LogP contribution in [-0.2, 0) is 41.6 Å². The van der Waals surface area contributed by atoms with Crippen LogP contribution in [0, 0.1) is 0 Å². The van der Waals surface area contributed by atoms with Crippen molar-refractivity contribution in [2.75, 3.05) is 0 Å². The summed E-state index contributed by atoms with van der Waals surface area (Å²) in [5.74, 6) is -0.833. The molecule has 0 aliphatic heterocycles. The fraction of sp³-hybridized carbons (Fsp3) is 0.500. The molecule has 47 valence electrons. The Morgan fingerprint density at radius 1 is 1.71 bits per heavy atom. The minimum absolute atomic E-state index is 0. The summed E-state index contributed by atoms with van der Waals surface area (Å²) in [6.45, 7) is 1.08. The monoisotopic (exact) mass is 299 g/mol. The van der Waals surface area contributed by atoms with Gasteiger partial charge in [-0.2, -0.15) is 0 Å². The Morgan fingerprint density at radius 2 is 1.71 bits per heavy atom. The Morgan fingerprint density at radius 3 is 1.71 bits per heavy atom. The van der Waals surface area contributed by atoms with Gasteiger partial charge in [0.25, 0.3) is 5.97 Å². The Bertz CT molecular complexity index is 36.7. The van der Waals surface area contributed by atoms with Crippen molar-refractivity contribution >= 4 is 15.7 Å². The Labute approximate surface area is 69.1 Å². The van der Waals surface area contributed by atoms with Crippen molar-refractivity contribution < 1.29 is 46.7 Å². The number of hydrogen-bond acceptors (Lipinski definition) is 1. The first-order chi connectivity index (χ1) is 2.73. The van der Waals surface area contributed by atoms with Gasteiger partial charge in [0.05, 0.1) is 0 Å². The molecular weight excluding hydrogens is 294 g/mol. The zero-order valence-electron chi connectivity index (χ0n) is 3.44. The Hall–Kier alpha value is 1.01. The van der Waals surface area contributed by atoms with E-state index in [2.05, 4.69) is 9.69 Å². The predicted molar refractivity (Wildman–Crippen MR) is 19.2 cm³/mol. The molecule has 0 spiro atoms. The fourth-order valence-corrected chi connectivity index (χ4v) is 0. The summed E-state index contributed by atoms with van der Waals surface area (Å²) >= 11 is 1.82. The van der Waals surface area contributed by atoms with Crippen LogP contribution in [0.4, 0.5) is 0 Å². The second-order valence-electron chi connectivity index (χ2n) is 0.519. The smallest absolute Gasteiger partial charge is 0 e. The third kappa shape index (κ3) is 173. The van der Waals surface area contributed by atoms with Crippen molar-refractivity contribution in [1.82, 2.24) is 0 Å². The number of halogens is 1. The molecule has 7 heavy (non-hydrogen) atoms. The predicted octanol–water partition coefficient (Wildman–Crippen LogP) is 0.775. The van der Waals surface area contributed by atoms with Crippen molar-refractivity contribution in [3.8, 4) is 0 Å². The van der Waals surface area contributed by atoms with Crippen molar-refractivity contribution in [2.24, 2.45) is 0 Å². The van der Waals surface area contributed by atoms with Gasteiger partial charge in [-0.3, -0.25) is 4.79 Å². The van der Waals surface area contributed by atoms with Gasteiger partial charge in [-0.05, 0) is 0 Å². The maximum Gasteiger partial charge on any atom is 0 e. The summed E-state index contributed by atoms with van der Waals surface area (Å²) in [6, 6.07) is 0. The van der Waals surface area contributed by atoms with Gasteiger partial charge < -0.3 is 5.11 Å². The van der Waals surface area contributed by atoms with Crippen LogP contribution in [0.15, 0.2) is 0 Å². The van der Waals surface area contributed by atoms with Gasteiger partial charge in [0, 0.05) is 26.4 Å². The summed E-state index contributed by atoms with van der Waals surface area (Å²) in [6.07, 6.45) is 0.